The van der Waals surface area contributed by atoms with Crippen LogP contribution in [0.15, 0.2) is 54.6 Å². The maximum atomic E-state index is 12.2. The number of anilines is 2. The molecule has 0 spiro atoms. The molecule has 1 amide bonds. The highest BCUT2D eigenvalue weighted by Gasteiger charge is 2.21. The normalized spacial score (nSPS) is 14.8. The highest BCUT2D eigenvalue weighted by atomic mass is 32.2. The lowest BCUT2D eigenvalue weighted by Crippen LogP contribution is -2.23. The number of nitrogens with zero attached hydrogens (tertiary/aromatic N) is 1. The Bertz CT molecular complexity index is 802. The number of amides is 1. The molecule has 1 aliphatic heterocycles. The van der Waals surface area contributed by atoms with Crippen LogP contribution in [0.2, 0.25) is 0 Å². The van der Waals surface area contributed by atoms with Crippen molar-refractivity contribution in [2.75, 3.05) is 21.9 Å². The SMILES string of the molecule is O=C1CCCN1c1ccc(NS(=O)(=O)CCc2ccccc2)cc1. The molecule has 2 aromatic carbocycles. The maximum Gasteiger partial charge on any atom is 0.233 e. The fraction of sp³-hybridized carbons (Fsp3) is 0.278. The van der Waals surface area contributed by atoms with Crippen molar-refractivity contribution in [2.24, 2.45) is 0 Å². The van der Waals surface area contributed by atoms with Gasteiger partial charge in [0.25, 0.3) is 0 Å². The predicted molar refractivity (Wildman–Crippen MR) is 95.6 cm³/mol. The van der Waals surface area contributed by atoms with Gasteiger partial charge in [-0.05, 0) is 42.7 Å². The van der Waals surface area contributed by atoms with Crippen LogP contribution in [-0.4, -0.2) is 26.6 Å². The van der Waals surface area contributed by atoms with Gasteiger partial charge < -0.3 is 4.90 Å². The van der Waals surface area contributed by atoms with E-state index < -0.39 is 10.0 Å². The van der Waals surface area contributed by atoms with E-state index in [9.17, 15) is 13.2 Å². The minimum absolute atomic E-state index is 0.0311. The quantitative estimate of drug-likeness (QED) is 0.876. The Kier molecular flexibility index (Phi) is 4.85. The predicted octanol–water partition coefficient (Wildman–Crippen LogP) is 2.80. The third-order valence-corrected chi connectivity index (χ3v) is 5.32. The van der Waals surface area contributed by atoms with Crippen LogP contribution in [0.5, 0.6) is 0 Å². The summed E-state index contributed by atoms with van der Waals surface area (Å²) < 4.78 is 27.0. The molecule has 6 heteroatoms. The summed E-state index contributed by atoms with van der Waals surface area (Å²) in [4.78, 5) is 13.5. The summed E-state index contributed by atoms with van der Waals surface area (Å²) in [6.45, 7) is 0.723. The highest BCUT2D eigenvalue weighted by molar-refractivity contribution is 7.92. The first kappa shape index (κ1) is 16.5. The zero-order chi connectivity index (χ0) is 17.0. The number of sulfonamides is 1. The Morgan fingerprint density at radius 2 is 1.71 bits per heavy atom. The lowest BCUT2D eigenvalue weighted by atomic mass is 10.2. The second-order valence-electron chi connectivity index (χ2n) is 5.85. The van der Waals surface area contributed by atoms with Crippen molar-refractivity contribution in [1.82, 2.24) is 0 Å². The Morgan fingerprint density at radius 3 is 2.33 bits per heavy atom. The molecule has 1 fully saturated rings. The van der Waals surface area contributed by atoms with Crippen LogP contribution in [0.3, 0.4) is 0 Å². The van der Waals surface area contributed by atoms with E-state index in [4.69, 9.17) is 0 Å². The monoisotopic (exact) mass is 344 g/mol. The summed E-state index contributed by atoms with van der Waals surface area (Å²) in [6.07, 6.45) is 1.91. The van der Waals surface area contributed by atoms with Gasteiger partial charge >= 0.3 is 0 Å². The Balaban J connectivity index is 1.61. The molecule has 1 aliphatic rings. The molecule has 0 aliphatic carbocycles. The number of rotatable bonds is 6. The fourth-order valence-corrected chi connectivity index (χ4v) is 3.86. The molecule has 1 N–H and O–H groups in total. The number of aryl methyl sites for hydroxylation is 1. The molecule has 126 valence electrons. The van der Waals surface area contributed by atoms with Gasteiger partial charge in [0, 0.05) is 24.3 Å². The molecule has 0 saturated carbocycles. The van der Waals surface area contributed by atoms with E-state index in [0.717, 1.165) is 24.2 Å². The van der Waals surface area contributed by atoms with Crippen LogP contribution < -0.4 is 9.62 Å². The molecule has 1 saturated heterocycles. The van der Waals surface area contributed by atoms with Gasteiger partial charge in [-0.15, -0.1) is 0 Å². The van der Waals surface area contributed by atoms with E-state index in [1.54, 1.807) is 29.2 Å². The molecule has 24 heavy (non-hydrogen) atoms. The summed E-state index contributed by atoms with van der Waals surface area (Å²) >= 11 is 0. The fourth-order valence-electron chi connectivity index (χ4n) is 2.76. The Morgan fingerprint density at radius 1 is 1.00 bits per heavy atom. The van der Waals surface area contributed by atoms with Crippen LogP contribution in [-0.2, 0) is 21.2 Å². The molecule has 0 unspecified atom stereocenters. The first-order valence-electron chi connectivity index (χ1n) is 7.98. The van der Waals surface area contributed by atoms with E-state index in [1.165, 1.54) is 0 Å². The first-order chi connectivity index (χ1) is 11.5. The van der Waals surface area contributed by atoms with Crippen molar-refractivity contribution in [3.8, 4) is 0 Å². The van der Waals surface area contributed by atoms with Crippen molar-refractivity contribution in [2.45, 2.75) is 19.3 Å². The van der Waals surface area contributed by atoms with Gasteiger partial charge in [-0.1, -0.05) is 30.3 Å². The molecule has 0 aromatic heterocycles. The molecule has 0 atom stereocenters. The van der Waals surface area contributed by atoms with Crippen LogP contribution >= 0.6 is 0 Å². The molecule has 0 bridgehead atoms. The average molecular weight is 344 g/mol. The van der Waals surface area contributed by atoms with Crippen molar-refractivity contribution in [3.05, 3.63) is 60.2 Å². The van der Waals surface area contributed by atoms with Crippen LogP contribution in [0.4, 0.5) is 11.4 Å². The number of nitrogens with one attached hydrogen (secondary N) is 1. The minimum atomic E-state index is -3.41. The van der Waals surface area contributed by atoms with E-state index in [-0.39, 0.29) is 11.7 Å². The van der Waals surface area contributed by atoms with Gasteiger partial charge in [-0.25, -0.2) is 8.42 Å². The summed E-state index contributed by atoms with van der Waals surface area (Å²) in [5.74, 6) is 0.148. The highest BCUT2D eigenvalue weighted by Crippen LogP contribution is 2.23. The van der Waals surface area contributed by atoms with Gasteiger partial charge in [0.05, 0.1) is 5.75 Å². The van der Waals surface area contributed by atoms with Crippen LogP contribution in [0, 0.1) is 0 Å². The molecule has 1 heterocycles. The van der Waals surface area contributed by atoms with Gasteiger partial charge in [0.15, 0.2) is 0 Å². The third kappa shape index (κ3) is 4.14. The number of benzene rings is 2. The largest absolute Gasteiger partial charge is 0.312 e. The van der Waals surface area contributed by atoms with E-state index in [0.29, 0.717) is 18.5 Å². The summed E-state index contributed by atoms with van der Waals surface area (Å²) in [5, 5.41) is 0. The second kappa shape index (κ2) is 7.05. The Hall–Kier alpha value is -2.34. The van der Waals surface area contributed by atoms with E-state index >= 15 is 0 Å². The lowest BCUT2D eigenvalue weighted by Gasteiger charge is -2.16. The molecular formula is C18H20N2O3S. The van der Waals surface area contributed by atoms with Crippen molar-refractivity contribution in [3.63, 3.8) is 0 Å². The Labute approximate surface area is 142 Å². The molecule has 3 rings (SSSR count). The smallest absolute Gasteiger partial charge is 0.233 e. The number of carbonyl (C=O) groups excluding carboxylic acids is 1. The summed E-state index contributed by atoms with van der Waals surface area (Å²) in [7, 11) is -3.41. The van der Waals surface area contributed by atoms with Crippen molar-refractivity contribution >= 4 is 27.3 Å². The second-order valence-corrected chi connectivity index (χ2v) is 7.69. The standard InChI is InChI=1S/C18H20N2O3S/c21-18-7-4-13-20(18)17-10-8-16(9-11-17)19-24(22,23)14-12-15-5-2-1-3-6-15/h1-3,5-6,8-11,19H,4,7,12-14H2. The minimum Gasteiger partial charge on any atom is -0.312 e. The number of hydrogen-bond donors (Lipinski definition) is 1. The maximum absolute atomic E-state index is 12.2. The van der Waals surface area contributed by atoms with E-state index in [2.05, 4.69) is 4.72 Å². The van der Waals surface area contributed by atoms with Crippen LogP contribution in [0.1, 0.15) is 18.4 Å². The molecular weight excluding hydrogens is 324 g/mol. The average Bonchev–Trinajstić information content (AvgIpc) is 3.01. The topological polar surface area (TPSA) is 66.5 Å². The molecule has 5 nitrogen and oxygen atoms in total. The van der Waals surface area contributed by atoms with E-state index in [1.807, 2.05) is 30.3 Å². The number of hydrogen-bond acceptors (Lipinski definition) is 3. The first-order valence-corrected chi connectivity index (χ1v) is 9.64. The summed E-state index contributed by atoms with van der Waals surface area (Å²) in [5.41, 5.74) is 2.31. The van der Waals surface area contributed by atoms with Crippen molar-refractivity contribution in [1.29, 1.82) is 0 Å². The lowest BCUT2D eigenvalue weighted by molar-refractivity contribution is -0.117. The van der Waals surface area contributed by atoms with Crippen molar-refractivity contribution < 1.29 is 13.2 Å². The number of carbonyl (C=O) groups is 1. The summed E-state index contributed by atoms with van der Waals surface area (Å²) in [6, 6.07) is 16.5. The molecule has 2 aromatic rings. The molecule has 0 radical (unpaired) electrons. The zero-order valence-electron chi connectivity index (χ0n) is 13.3. The third-order valence-electron chi connectivity index (χ3n) is 4.03. The van der Waals surface area contributed by atoms with Gasteiger partial charge in [-0.3, -0.25) is 9.52 Å². The zero-order valence-corrected chi connectivity index (χ0v) is 14.1. The van der Waals surface area contributed by atoms with Gasteiger partial charge in [0.1, 0.15) is 0 Å². The van der Waals surface area contributed by atoms with Gasteiger partial charge in [-0.2, -0.15) is 0 Å². The van der Waals surface area contributed by atoms with Gasteiger partial charge in [0.2, 0.25) is 15.9 Å². The van der Waals surface area contributed by atoms with Crippen LogP contribution in [0.25, 0.3) is 0 Å².